The van der Waals surface area contributed by atoms with Gasteiger partial charge in [-0.2, -0.15) is 0 Å². The van der Waals surface area contributed by atoms with E-state index in [1.54, 1.807) is 0 Å². The van der Waals surface area contributed by atoms with Gasteiger partial charge in [0.05, 0.1) is 0 Å². The molecule has 0 unspecified atom stereocenters. The van der Waals surface area contributed by atoms with E-state index in [1.165, 1.54) is 19.3 Å². The van der Waals surface area contributed by atoms with E-state index in [0.29, 0.717) is 5.41 Å². The van der Waals surface area contributed by atoms with Gasteiger partial charge in [0, 0.05) is 0 Å². The molecule has 1 saturated carbocycles. The summed E-state index contributed by atoms with van der Waals surface area (Å²) in [4.78, 5) is 0. The zero-order chi connectivity index (χ0) is 7.78. The van der Waals surface area contributed by atoms with E-state index in [9.17, 15) is 0 Å². The van der Waals surface area contributed by atoms with E-state index < -0.39 is 0 Å². The molecule has 0 aromatic rings. The summed E-state index contributed by atoms with van der Waals surface area (Å²) in [5.74, 6) is 1.91. The second-order valence-electron chi connectivity index (χ2n) is 5.02. The van der Waals surface area contributed by atoms with Crippen LogP contribution in [0.4, 0.5) is 0 Å². The zero-order valence-electron chi connectivity index (χ0n) is 7.78. The van der Waals surface area contributed by atoms with Crippen LogP contribution in [0, 0.1) is 17.3 Å². The van der Waals surface area contributed by atoms with Gasteiger partial charge < -0.3 is 0 Å². The Labute approximate surface area is 65.0 Å². The largest absolute Gasteiger partial charge is 0.0625 e. The van der Waals surface area contributed by atoms with Crippen molar-refractivity contribution in [2.24, 2.45) is 17.3 Å². The van der Waals surface area contributed by atoms with Crippen molar-refractivity contribution < 1.29 is 0 Å². The first-order chi connectivity index (χ1) is 4.49. The lowest BCUT2D eigenvalue weighted by Crippen LogP contribution is -2.25. The van der Waals surface area contributed by atoms with Crippen LogP contribution in [-0.4, -0.2) is 0 Å². The van der Waals surface area contributed by atoms with E-state index in [1.807, 2.05) is 0 Å². The lowest BCUT2D eigenvalue weighted by atomic mass is 9.69. The topological polar surface area (TPSA) is 0 Å². The Morgan fingerprint density at radius 2 is 1.40 bits per heavy atom. The molecule has 0 bridgehead atoms. The third kappa shape index (κ3) is 2.00. The molecule has 1 rings (SSSR count). The van der Waals surface area contributed by atoms with Crippen molar-refractivity contribution in [3.63, 3.8) is 0 Å². The molecule has 0 aliphatic heterocycles. The maximum absolute atomic E-state index is 2.40. The van der Waals surface area contributed by atoms with Gasteiger partial charge in [-0.15, -0.1) is 0 Å². The summed E-state index contributed by atoms with van der Waals surface area (Å²) < 4.78 is 0. The Morgan fingerprint density at radius 1 is 1.00 bits per heavy atom. The van der Waals surface area contributed by atoms with Crippen molar-refractivity contribution in [1.29, 1.82) is 0 Å². The normalized spacial score (nSPS) is 39.6. The molecular weight excluding hydrogens is 120 g/mol. The van der Waals surface area contributed by atoms with E-state index >= 15 is 0 Å². The van der Waals surface area contributed by atoms with E-state index in [4.69, 9.17) is 0 Å². The summed E-state index contributed by atoms with van der Waals surface area (Å²) >= 11 is 0. The molecule has 0 spiro atoms. The molecule has 1 fully saturated rings. The lowest BCUT2D eigenvalue weighted by molar-refractivity contribution is 0.143. The highest BCUT2D eigenvalue weighted by Gasteiger charge is 2.29. The molecule has 0 amide bonds. The maximum Gasteiger partial charge on any atom is -0.0349 e. The van der Waals surface area contributed by atoms with Crippen LogP contribution in [0.15, 0.2) is 0 Å². The van der Waals surface area contributed by atoms with Crippen LogP contribution < -0.4 is 0 Å². The van der Waals surface area contributed by atoms with Crippen molar-refractivity contribution in [2.75, 3.05) is 0 Å². The summed E-state index contributed by atoms with van der Waals surface area (Å²) in [6.07, 6.45) is 4.30. The average molecular weight is 140 g/mol. The molecule has 0 heteroatoms. The molecule has 1 aliphatic rings. The Balaban J connectivity index is 2.51. The van der Waals surface area contributed by atoms with Crippen LogP contribution in [0.1, 0.15) is 47.0 Å². The number of hydrogen-bond acceptors (Lipinski definition) is 0. The highest BCUT2D eigenvalue weighted by atomic mass is 14.3. The summed E-state index contributed by atoms with van der Waals surface area (Å²) in [5.41, 5.74) is 0.622. The van der Waals surface area contributed by atoms with Gasteiger partial charge in [0.15, 0.2) is 0 Å². The Hall–Kier alpha value is 0. The van der Waals surface area contributed by atoms with Gasteiger partial charge in [0.1, 0.15) is 0 Å². The Kier molecular flexibility index (Phi) is 2.07. The third-order valence-electron chi connectivity index (χ3n) is 2.61. The summed E-state index contributed by atoms with van der Waals surface area (Å²) in [5, 5.41) is 0. The highest BCUT2D eigenvalue weighted by Crippen LogP contribution is 2.41. The minimum Gasteiger partial charge on any atom is -0.0625 e. The van der Waals surface area contributed by atoms with Gasteiger partial charge in [-0.25, -0.2) is 0 Å². The van der Waals surface area contributed by atoms with E-state index in [0.717, 1.165) is 11.8 Å². The quantitative estimate of drug-likeness (QED) is 0.483. The van der Waals surface area contributed by atoms with Crippen molar-refractivity contribution in [2.45, 2.75) is 47.0 Å². The summed E-state index contributed by atoms with van der Waals surface area (Å²) in [7, 11) is 0. The van der Waals surface area contributed by atoms with E-state index in [-0.39, 0.29) is 0 Å². The van der Waals surface area contributed by atoms with Crippen molar-refractivity contribution in [3.8, 4) is 0 Å². The van der Waals surface area contributed by atoms with Gasteiger partial charge in [0.25, 0.3) is 0 Å². The predicted octanol–water partition coefficient (Wildman–Crippen LogP) is 3.47. The zero-order valence-corrected chi connectivity index (χ0v) is 7.78. The van der Waals surface area contributed by atoms with Crippen LogP contribution in [0.5, 0.6) is 0 Å². The fourth-order valence-corrected chi connectivity index (χ4v) is 2.82. The summed E-state index contributed by atoms with van der Waals surface area (Å²) in [6, 6.07) is 0. The molecule has 2 atom stereocenters. The van der Waals surface area contributed by atoms with Crippen molar-refractivity contribution in [1.82, 2.24) is 0 Å². The van der Waals surface area contributed by atoms with Crippen LogP contribution in [0.25, 0.3) is 0 Å². The molecule has 0 nitrogen and oxygen atoms in total. The third-order valence-corrected chi connectivity index (χ3v) is 2.61. The Bertz CT molecular complexity index is 101. The van der Waals surface area contributed by atoms with Crippen LogP contribution in [-0.2, 0) is 0 Å². The van der Waals surface area contributed by atoms with Gasteiger partial charge in [-0.1, -0.05) is 27.7 Å². The van der Waals surface area contributed by atoms with Crippen molar-refractivity contribution >= 4 is 0 Å². The first-order valence-corrected chi connectivity index (χ1v) is 4.49. The van der Waals surface area contributed by atoms with Crippen molar-refractivity contribution in [3.05, 3.63) is 0 Å². The molecule has 0 aromatic heterocycles. The second-order valence-corrected chi connectivity index (χ2v) is 5.02. The SMILES string of the molecule is C[C@H]1C[C@H](C)CC(C)(C)C1. The minimum atomic E-state index is 0.622. The van der Waals surface area contributed by atoms with Gasteiger partial charge >= 0.3 is 0 Å². The standard InChI is InChI=1S/C10H20/c1-8-5-9(2)7-10(3,4)6-8/h8-9H,5-7H2,1-4H3/t8-,9-/m0/s1. The second kappa shape index (κ2) is 2.56. The molecule has 60 valence electrons. The number of rotatable bonds is 0. The van der Waals surface area contributed by atoms with E-state index in [2.05, 4.69) is 27.7 Å². The molecular formula is C10H20. The molecule has 0 saturated heterocycles. The van der Waals surface area contributed by atoms with Crippen LogP contribution >= 0.6 is 0 Å². The smallest absolute Gasteiger partial charge is 0.0349 e. The molecule has 0 aromatic carbocycles. The highest BCUT2D eigenvalue weighted by molar-refractivity contribution is 4.80. The Morgan fingerprint density at radius 3 is 1.70 bits per heavy atom. The monoisotopic (exact) mass is 140 g/mol. The minimum absolute atomic E-state index is 0.622. The molecule has 0 heterocycles. The molecule has 0 N–H and O–H groups in total. The first-order valence-electron chi connectivity index (χ1n) is 4.49. The molecule has 0 radical (unpaired) electrons. The van der Waals surface area contributed by atoms with Gasteiger partial charge in [0.2, 0.25) is 0 Å². The molecule has 1 aliphatic carbocycles. The van der Waals surface area contributed by atoms with Crippen LogP contribution in [0.2, 0.25) is 0 Å². The molecule has 10 heavy (non-hydrogen) atoms. The lowest BCUT2D eigenvalue weighted by Gasteiger charge is -2.37. The average Bonchev–Trinajstić information content (AvgIpc) is 1.54. The predicted molar refractivity (Wildman–Crippen MR) is 46.0 cm³/mol. The van der Waals surface area contributed by atoms with Crippen LogP contribution in [0.3, 0.4) is 0 Å². The fourth-order valence-electron chi connectivity index (χ4n) is 2.82. The fraction of sp³-hybridized carbons (Fsp3) is 1.00. The summed E-state index contributed by atoms with van der Waals surface area (Å²) in [6.45, 7) is 9.58. The number of hydrogen-bond donors (Lipinski definition) is 0. The van der Waals surface area contributed by atoms with Gasteiger partial charge in [-0.05, 0) is 36.5 Å². The first kappa shape index (κ1) is 8.10. The van der Waals surface area contributed by atoms with Gasteiger partial charge in [-0.3, -0.25) is 0 Å². The maximum atomic E-state index is 2.40.